The standard InChI is InChI=1S/C20H21F2NS/c21-16-3-6-18(19(22)13-16)14-1-4-17(5-2-14)24-20(9-10-20)15-7-11-23-12-8-15/h1-6,13,15,23H,7-12H2. The molecule has 0 aromatic heterocycles. The highest BCUT2D eigenvalue weighted by Gasteiger charge is 2.49. The SMILES string of the molecule is Fc1ccc(-c2ccc(SC3(C4CCNCC4)CC3)cc2)c(F)c1. The Hall–Kier alpha value is -1.39. The van der Waals surface area contributed by atoms with Gasteiger partial charge in [0.2, 0.25) is 0 Å². The molecule has 2 aromatic rings. The molecule has 1 aliphatic heterocycles. The molecule has 0 bridgehead atoms. The molecule has 0 amide bonds. The minimum Gasteiger partial charge on any atom is -0.317 e. The van der Waals surface area contributed by atoms with Crippen LogP contribution in [0.2, 0.25) is 0 Å². The molecule has 1 heterocycles. The minimum atomic E-state index is -0.541. The zero-order valence-electron chi connectivity index (χ0n) is 13.5. The molecule has 126 valence electrons. The van der Waals surface area contributed by atoms with Crippen molar-refractivity contribution in [2.75, 3.05) is 13.1 Å². The summed E-state index contributed by atoms with van der Waals surface area (Å²) in [5.74, 6) is -0.247. The summed E-state index contributed by atoms with van der Waals surface area (Å²) in [5, 5.41) is 3.44. The normalized spacial score (nSPS) is 20.1. The molecule has 1 N–H and O–H groups in total. The van der Waals surface area contributed by atoms with E-state index < -0.39 is 11.6 Å². The van der Waals surface area contributed by atoms with Crippen LogP contribution >= 0.6 is 11.8 Å². The van der Waals surface area contributed by atoms with E-state index in [1.807, 2.05) is 23.9 Å². The Labute approximate surface area is 145 Å². The molecule has 1 nitrogen and oxygen atoms in total. The van der Waals surface area contributed by atoms with Crippen LogP contribution in [-0.2, 0) is 0 Å². The summed E-state index contributed by atoms with van der Waals surface area (Å²) in [6.07, 6.45) is 5.14. The maximum absolute atomic E-state index is 13.9. The third-order valence-corrected chi connectivity index (χ3v) is 6.90. The zero-order chi connectivity index (χ0) is 16.6. The summed E-state index contributed by atoms with van der Waals surface area (Å²) >= 11 is 1.99. The van der Waals surface area contributed by atoms with Crippen LogP contribution in [0.15, 0.2) is 47.4 Å². The van der Waals surface area contributed by atoms with E-state index in [0.717, 1.165) is 30.6 Å². The lowest BCUT2D eigenvalue weighted by Gasteiger charge is -2.30. The van der Waals surface area contributed by atoms with E-state index in [9.17, 15) is 8.78 Å². The van der Waals surface area contributed by atoms with Gasteiger partial charge in [0, 0.05) is 21.3 Å². The Morgan fingerprint density at radius 1 is 0.958 bits per heavy atom. The van der Waals surface area contributed by atoms with Crippen LogP contribution in [0.3, 0.4) is 0 Å². The molecular formula is C20H21F2NS. The fourth-order valence-corrected chi connectivity index (χ4v) is 5.18. The fourth-order valence-electron chi connectivity index (χ4n) is 3.73. The van der Waals surface area contributed by atoms with E-state index in [4.69, 9.17) is 0 Å². The van der Waals surface area contributed by atoms with Gasteiger partial charge in [0.1, 0.15) is 11.6 Å². The second-order valence-corrected chi connectivity index (χ2v) is 8.33. The van der Waals surface area contributed by atoms with E-state index in [-0.39, 0.29) is 0 Å². The maximum atomic E-state index is 13.9. The number of rotatable bonds is 4. The predicted octanol–water partition coefficient (Wildman–Crippen LogP) is 5.26. The van der Waals surface area contributed by atoms with Crippen LogP contribution in [-0.4, -0.2) is 17.8 Å². The van der Waals surface area contributed by atoms with Gasteiger partial charge in [-0.15, -0.1) is 11.8 Å². The van der Waals surface area contributed by atoms with E-state index in [1.54, 1.807) is 0 Å². The molecule has 2 fully saturated rings. The minimum absolute atomic E-state index is 0.421. The lowest BCUT2D eigenvalue weighted by atomic mass is 9.93. The highest BCUT2D eigenvalue weighted by atomic mass is 32.2. The fraction of sp³-hybridized carbons (Fsp3) is 0.400. The van der Waals surface area contributed by atoms with Gasteiger partial charge in [-0.1, -0.05) is 12.1 Å². The number of piperidine rings is 1. The molecule has 1 aliphatic carbocycles. The Morgan fingerprint density at radius 2 is 1.67 bits per heavy atom. The number of nitrogens with one attached hydrogen (secondary N) is 1. The topological polar surface area (TPSA) is 12.0 Å². The van der Waals surface area contributed by atoms with Crippen molar-refractivity contribution in [3.63, 3.8) is 0 Å². The molecule has 4 heteroatoms. The first-order valence-electron chi connectivity index (χ1n) is 8.61. The number of halogens is 2. The van der Waals surface area contributed by atoms with E-state index in [1.165, 1.54) is 42.7 Å². The first-order chi connectivity index (χ1) is 11.7. The van der Waals surface area contributed by atoms with E-state index in [0.29, 0.717) is 10.3 Å². The van der Waals surface area contributed by atoms with Crippen molar-refractivity contribution >= 4 is 11.8 Å². The second kappa shape index (κ2) is 6.49. The van der Waals surface area contributed by atoms with Gasteiger partial charge in [-0.25, -0.2) is 8.78 Å². The predicted molar refractivity (Wildman–Crippen MR) is 95.2 cm³/mol. The second-order valence-electron chi connectivity index (χ2n) is 6.84. The lowest BCUT2D eigenvalue weighted by Crippen LogP contribution is -2.33. The molecule has 0 unspecified atom stereocenters. The van der Waals surface area contributed by atoms with Gasteiger partial charge in [-0.2, -0.15) is 0 Å². The van der Waals surface area contributed by atoms with E-state index in [2.05, 4.69) is 17.4 Å². The molecule has 1 saturated heterocycles. The van der Waals surface area contributed by atoms with Crippen LogP contribution < -0.4 is 5.32 Å². The van der Waals surface area contributed by atoms with Crippen molar-refractivity contribution in [1.29, 1.82) is 0 Å². The van der Waals surface area contributed by atoms with Gasteiger partial charge in [-0.05, 0) is 74.5 Å². The lowest BCUT2D eigenvalue weighted by molar-refractivity contribution is 0.356. The van der Waals surface area contributed by atoms with Crippen molar-refractivity contribution in [1.82, 2.24) is 5.32 Å². The maximum Gasteiger partial charge on any atom is 0.133 e. The van der Waals surface area contributed by atoms with Crippen LogP contribution in [0.5, 0.6) is 0 Å². The largest absolute Gasteiger partial charge is 0.317 e. The number of benzene rings is 2. The molecule has 1 saturated carbocycles. The summed E-state index contributed by atoms with van der Waals surface area (Å²) in [6.45, 7) is 2.27. The first-order valence-corrected chi connectivity index (χ1v) is 9.43. The van der Waals surface area contributed by atoms with Crippen molar-refractivity contribution in [2.45, 2.75) is 35.3 Å². The smallest absolute Gasteiger partial charge is 0.133 e. The third kappa shape index (κ3) is 3.22. The quantitative estimate of drug-likeness (QED) is 0.811. The third-order valence-electron chi connectivity index (χ3n) is 5.24. The van der Waals surface area contributed by atoms with Crippen LogP contribution in [0, 0.1) is 17.6 Å². The van der Waals surface area contributed by atoms with Crippen molar-refractivity contribution < 1.29 is 8.78 Å². The Bertz CT molecular complexity index is 719. The van der Waals surface area contributed by atoms with Gasteiger partial charge in [0.25, 0.3) is 0 Å². The molecule has 2 aliphatic rings. The molecular weight excluding hydrogens is 324 g/mol. The van der Waals surface area contributed by atoms with Gasteiger partial charge >= 0.3 is 0 Å². The Morgan fingerprint density at radius 3 is 2.29 bits per heavy atom. The van der Waals surface area contributed by atoms with Crippen molar-refractivity contribution in [3.05, 3.63) is 54.1 Å². The zero-order valence-corrected chi connectivity index (χ0v) is 14.3. The van der Waals surface area contributed by atoms with Crippen molar-refractivity contribution in [2.24, 2.45) is 5.92 Å². The van der Waals surface area contributed by atoms with Gasteiger partial charge in [0.05, 0.1) is 0 Å². The highest BCUT2D eigenvalue weighted by molar-refractivity contribution is 8.01. The number of hydrogen-bond donors (Lipinski definition) is 1. The molecule has 0 spiro atoms. The van der Waals surface area contributed by atoms with Crippen LogP contribution in [0.1, 0.15) is 25.7 Å². The Balaban J connectivity index is 1.50. The number of hydrogen-bond acceptors (Lipinski definition) is 2. The van der Waals surface area contributed by atoms with Gasteiger partial charge in [-0.3, -0.25) is 0 Å². The number of thioether (sulfide) groups is 1. The van der Waals surface area contributed by atoms with Crippen molar-refractivity contribution in [3.8, 4) is 11.1 Å². The molecule has 24 heavy (non-hydrogen) atoms. The van der Waals surface area contributed by atoms with E-state index >= 15 is 0 Å². The van der Waals surface area contributed by atoms with Crippen LogP contribution in [0.4, 0.5) is 8.78 Å². The Kier molecular flexibility index (Phi) is 4.35. The molecule has 2 aromatic carbocycles. The highest BCUT2D eigenvalue weighted by Crippen LogP contribution is 2.58. The molecule has 0 atom stereocenters. The summed E-state index contributed by atoms with van der Waals surface area (Å²) in [6, 6.07) is 11.8. The average Bonchev–Trinajstić information content (AvgIpc) is 3.38. The summed E-state index contributed by atoms with van der Waals surface area (Å²) in [5.41, 5.74) is 1.25. The van der Waals surface area contributed by atoms with Gasteiger partial charge in [0.15, 0.2) is 0 Å². The first kappa shape index (κ1) is 16.1. The molecule has 0 radical (unpaired) electrons. The summed E-state index contributed by atoms with van der Waals surface area (Å²) < 4.78 is 27.4. The summed E-state index contributed by atoms with van der Waals surface area (Å²) in [4.78, 5) is 1.25. The monoisotopic (exact) mass is 345 g/mol. The van der Waals surface area contributed by atoms with Crippen LogP contribution in [0.25, 0.3) is 11.1 Å². The molecule has 4 rings (SSSR count). The van der Waals surface area contributed by atoms with Gasteiger partial charge < -0.3 is 5.32 Å². The average molecular weight is 345 g/mol. The summed E-state index contributed by atoms with van der Waals surface area (Å²) in [7, 11) is 0.